The molecule has 0 N–H and O–H groups in total. The molecule has 0 aliphatic heterocycles. The highest BCUT2D eigenvalue weighted by atomic mass is 16.5. The Labute approximate surface area is 397 Å². The highest BCUT2D eigenvalue weighted by molar-refractivity contribution is 5.89. The third-order valence-corrected chi connectivity index (χ3v) is 14.8. The van der Waals surface area contributed by atoms with Crippen molar-refractivity contribution in [3.8, 4) is 28.0 Å². The van der Waals surface area contributed by atoms with Crippen molar-refractivity contribution in [3.05, 3.63) is 274 Å². The van der Waals surface area contributed by atoms with Crippen molar-refractivity contribution in [2.24, 2.45) is 0 Å². The molecule has 2 heteroatoms. The standard InChI is InChI=1S/C65H57NO/c1-4-48(53-27-25-52-26-28-54(52)42-53)41-46(3)49-23-21-47(22-24-49)44-67-60-38-33-56(34-39-60)65(55-31-19-45(2)20-32-55)63-18-12-11-17-61(63)62-40-37-59(43-64(62)65)66(57-15-9-6-10-16-57)58-35-29-51(30-36-58)50-13-7-5-8-14-50/h5-25,27,29-40,42-43,46,48H,4,26,28,41,44H2,1-3H3. The molecule has 0 amide bonds. The first-order valence-electron chi connectivity index (χ1n) is 24.2. The number of nitrogens with zero attached hydrogens (tertiary/aromatic N) is 1. The smallest absolute Gasteiger partial charge is 0.119 e. The molecule has 0 saturated heterocycles. The number of aryl methyl sites for hydroxylation is 3. The lowest BCUT2D eigenvalue weighted by molar-refractivity contribution is 0.306. The van der Waals surface area contributed by atoms with Gasteiger partial charge in [-0.25, -0.2) is 0 Å². The number of rotatable bonds is 14. The summed E-state index contributed by atoms with van der Waals surface area (Å²) in [5.41, 5.74) is 21.1. The quantitative estimate of drug-likeness (QED) is 0.108. The number of fused-ring (bicyclic) bond motifs is 4. The monoisotopic (exact) mass is 867 g/mol. The molecule has 0 fully saturated rings. The number of ether oxygens (including phenoxy) is 1. The predicted octanol–water partition coefficient (Wildman–Crippen LogP) is 16.9. The van der Waals surface area contributed by atoms with Gasteiger partial charge in [0.05, 0.1) is 5.41 Å². The van der Waals surface area contributed by atoms with Gasteiger partial charge in [-0.3, -0.25) is 0 Å². The summed E-state index contributed by atoms with van der Waals surface area (Å²) in [4.78, 5) is 2.39. The van der Waals surface area contributed by atoms with Crippen LogP contribution < -0.4 is 9.64 Å². The van der Waals surface area contributed by atoms with Crippen molar-refractivity contribution in [3.63, 3.8) is 0 Å². The highest BCUT2D eigenvalue weighted by Crippen LogP contribution is 2.57. The molecular weight excluding hydrogens is 811 g/mol. The Balaban J connectivity index is 0.908. The van der Waals surface area contributed by atoms with Crippen LogP contribution in [0.2, 0.25) is 0 Å². The minimum Gasteiger partial charge on any atom is -0.489 e. The largest absolute Gasteiger partial charge is 0.489 e. The van der Waals surface area contributed by atoms with E-state index < -0.39 is 5.41 Å². The first-order valence-corrected chi connectivity index (χ1v) is 24.2. The van der Waals surface area contributed by atoms with Gasteiger partial charge < -0.3 is 9.64 Å². The molecule has 2 aliphatic rings. The second-order valence-corrected chi connectivity index (χ2v) is 18.8. The van der Waals surface area contributed by atoms with Crippen LogP contribution in [-0.4, -0.2) is 0 Å². The van der Waals surface area contributed by atoms with Gasteiger partial charge in [0, 0.05) is 17.1 Å². The molecule has 2 nitrogen and oxygen atoms in total. The second kappa shape index (κ2) is 18.1. The van der Waals surface area contributed by atoms with Crippen LogP contribution >= 0.6 is 0 Å². The van der Waals surface area contributed by atoms with E-state index in [1.807, 2.05) is 0 Å². The van der Waals surface area contributed by atoms with Crippen molar-refractivity contribution in [1.82, 2.24) is 0 Å². The molecule has 0 radical (unpaired) electrons. The fourth-order valence-electron chi connectivity index (χ4n) is 10.9. The summed E-state index contributed by atoms with van der Waals surface area (Å²) >= 11 is 0. The van der Waals surface area contributed by atoms with Crippen LogP contribution in [0.1, 0.15) is 94.2 Å². The molecule has 0 saturated carbocycles. The van der Waals surface area contributed by atoms with E-state index >= 15 is 0 Å². The summed E-state index contributed by atoms with van der Waals surface area (Å²) < 4.78 is 6.55. The minimum absolute atomic E-state index is 0.481. The van der Waals surface area contributed by atoms with Gasteiger partial charge in [0.2, 0.25) is 0 Å². The van der Waals surface area contributed by atoms with E-state index in [-0.39, 0.29) is 0 Å². The number of anilines is 3. The van der Waals surface area contributed by atoms with Crippen LogP contribution in [0.15, 0.2) is 218 Å². The van der Waals surface area contributed by atoms with Gasteiger partial charge in [0.25, 0.3) is 0 Å². The van der Waals surface area contributed by atoms with E-state index in [2.05, 4.69) is 244 Å². The Kier molecular flexibility index (Phi) is 11.4. The van der Waals surface area contributed by atoms with Gasteiger partial charge in [-0.1, -0.05) is 189 Å². The van der Waals surface area contributed by atoms with E-state index in [9.17, 15) is 0 Å². The van der Waals surface area contributed by atoms with E-state index in [4.69, 9.17) is 4.74 Å². The van der Waals surface area contributed by atoms with Crippen LogP contribution in [0.4, 0.5) is 17.1 Å². The minimum atomic E-state index is -0.571. The van der Waals surface area contributed by atoms with Gasteiger partial charge >= 0.3 is 0 Å². The molecule has 2 aliphatic carbocycles. The fourth-order valence-corrected chi connectivity index (χ4v) is 10.9. The van der Waals surface area contributed by atoms with Crippen LogP contribution in [0.25, 0.3) is 22.3 Å². The van der Waals surface area contributed by atoms with Crippen molar-refractivity contribution in [2.75, 3.05) is 4.90 Å². The Morgan fingerprint density at radius 3 is 1.79 bits per heavy atom. The van der Waals surface area contributed by atoms with Gasteiger partial charge in [-0.15, -0.1) is 0 Å². The summed E-state index contributed by atoms with van der Waals surface area (Å²) in [6.45, 7) is 7.40. The lowest BCUT2D eigenvalue weighted by atomic mass is 9.67. The second-order valence-electron chi connectivity index (χ2n) is 18.8. The topological polar surface area (TPSA) is 12.5 Å². The fraction of sp³-hybridized carbons (Fsp3) is 0.169. The normalized spacial score (nSPS) is 15.4. The zero-order valence-corrected chi connectivity index (χ0v) is 38.8. The maximum atomic E-state index is 6.55. The lowest BCUT2D eigenvalue weighted by Crippen LogP contribution is -2.28. The van der Waals surface area contributed by atoms with E-state index in [0.717, 1.165) is 35.7 Å². The SMILES string of the molecule is CCC(CC(C)c1ccc(COc2ccc(C3(c4ccc(C)cc4)c4ccccc4-c4ccc(N(c5ccccc5)c5ccc(-c6ccccc6)cc5)cc43)cc2)cc1)c1ccc2c(c1)CC2. The zero-order chi connectivity index (χ0) is 45.3. The molecule has 0 spiro atoms. The molecule has 0 aromatic heterocycles. The molecular formula is C65H57NO. The average molecular weight is 868 g/mol. The first-order chi connectivity index (χ1) is 33.0. The van der Waals surface area contributed by atoms with Crippen LogP contribution in [0.5, 0.6) is 5.75 Å². The van der Waals surface area contributed by atoms with Gasteiger partial charge in [0.1, 0.15) is 12.4 Å². The Bertz CT molecular complexity index is 3140. The molecule has 328 valence electrons. The summed E-state index contributed by atoms with van der Waals surface area (Å²) in [5.74, 6) is 1.92. The predicted molar refractivity (Wildman–Crippen MR) is 279 cm³/mol. The maximum absolute atomic E-state index is 6.55. The molecule has 11 rings (SSSR count). The number of para-hydroxylation sites is 1. The van der Waals surface area contributed by atoms with Crippen molar-refractivity contribution in [1.29, 1.82) is 0 Å². The third-order valence-electron chi connectivity index (χ3n) is 14.8. The summed E-state index contributed by atoms with van der Waals surface area (Å²) in [6, 6.07) is 80.8. The third kappa shape index (κ3) is 7.95. The van der Waals surface area contributed by atoms with Crippen LogP contribution in [0.3, 0.4) is 0 Å². The Morgan fingerprint density at radius 1 is 0.507 bits per heavy atom. The van der Waals surface area contributed by atoms with Crippen LogP contribution in [0, 0.1) is 6.92 Å². The molecule has 0 heterocycles. The van der Waals surface area contributed by atoms with Crippen molar-refractivity contribution >= 4 is 17.1 Å². The van der Waals surface area contributed by atoms with E-state index in [0.29, 0.717) is 18.4 Å². The molecule has 9 aromatic rings. The van der Waals surface area contributed by atoms with Crippen LogP contribution in [-0.2, 0) is 24.9 Å². The van der Waals surface area contributed by atoms with E-state index in [1.165, 1.54) is 79.6 Å². The molecule has 67 heavy (non-hydrogen) atoms. The lowest BCUT2D eigenvalue weighted by Gasteiger charge is -2.35. The molecule has 0 bridgehead atoms. The van der Waals surface area contributed by atoms with Gasteiger partial charge in [0.15, 0.2) is 0 Å². The summed E-state index contributed by atoms with van der Waals surface area (Å²) in [7, 11) is 0. The van der Waals surface area contributed by atoms with Gasteiger partial charge in [-0.2, -0.15) is 0 Å². The van der Waals surface area contributed by atoms with Gasteiger partial charge in [-0.05, 0) is 165 Å². The maximum Gasteiger partial charge on any atom is 0.119 e. The Hall–Kier alpha value is -7.42. The average Bonchev–Trinajstić information content (AvgIpc) is 3.67. The van der Waals surface area contributed by atoms with Crippen molar-refractivity contribution in [2.45, 2.75) is 70.3 Å². The number of hydrogen-bond acceptors (Lipinski definition) is 2. The summed E-state index contributed by atoms with van der Waals surface area (Å²) in [5, 5.41) is 0. The molecule has 3 unspecified atom stereocenters. The molecule has 3 atom stereocenters. The summed E-state index contributed by atoms with van der Waals surface area (Å²) in [6.07, 6.45) is 4.80. The molecule has 9 aromatic carbocycles. The number of hydrogen-bond donors (Lipinski definition) is 0. The number of benzene rings is 9. The van der Waals surface area contributed by atoms with E-state index in [1.54, 1.807) is 11.1 Å². The zero-order valence-electron chi connectivity index (χ0n) is 38.8. The highest BCUT2D eigenvalue weighted by Gasteiger charge is 2.46. The van der Waals surface area contributed by atoms with Crippen molar-refractivity contribution < 1.29 is 4.74 Å². The first kappa shape index (κ1) is 42.2. The Morgan fingerprint density at radius 2 is 1.10 bits per heavy atom.